The van der Waals surface area contributed by atoms with Crippen molar-refractivity contribution in [1.82, 2.24) is 0 Å². The average Bonchev–Trinajstić information content (AvgIpc) is 2.64. The van der Waals surface area contributed by atoms with Crippen LogP contribution in [0.3, 0.4) is 0 Å². The fraction of sp³-hybridized carbons (Fsp3) is 0.400. The molecule has 0 fully saturated rings. The van der Waals surface area contributed by atoms with Gasteiger partial charge in [0.2, 0.25) is 0 Å². The summed E-state index contributed by atoms with van der Waals surface area (Å²) in [7, 11) is 0. The van der Waals surface area contributed by atoms with E-state index in [0.717, 1.165) is 6.42 Å². The SMILES string of the molecule is CCCC(c1cc(CO)c(O)c(C)c1O)c1cc(CO)c(O)c(C)c1O. The first-order chi connectivity index (χ1) is 12.3. The molecule has 0 heterocycles. The zero-order valence-electron chi connectivity index (χ0n) is 15.2. The number of phenolic OH excluding ortho intramolecular Hbond substituents is 2. The van der Waals surface area contributed by atoms with Gasteiger partial charge in [-0.25, -0.2) is 0 Å². The Morgan fingerprint density at radius 1 is 0.731 bits per heavy atom. The number of rotatable bonds is 6. The number of hydrogen-bond acceptors (Lipinski definition) is 6. The van der Waals surface area contributed by atoms with Crippen LogP contribution < -0.4 is 0 Å². The predicted molar refractivity (Wildman–Crippen MR) is 97.6 cm³/mol. The maximum atomic E-state index is 10.6. The van der Waals surface area contributed by atoms with Crippen LogP contribution in [0.4, 0.5) is 0 Å². The molecule has 6 N–H and O–H groups in total. The number of benzene rings is 2. The van der Waals surface area contributed by atoms with Gasteiger partial charge in [-0.1, -0.05) is 13.3 Å². The highest BCUT2D eigenvalue weighted by Crippen LogP contribution is 2.46. The highest BCUT2D eigenvalue weighted by Gasteiger charge is 2.26. The summed E-state index contributed by atoms with van der Waals surface area (Å²) in [4.78, 5) is 0. The molecule has 0 aromatic heterocycles. The quantitative estimate of drug-likeness (QED) is 0.470. The minimum Gasteiger partial charge on any atom is -0.507 e. The fourth-order valence-corrected chi connectivity index (χ4v) is 3.33. The maximum Gasteiger partial charge on any atom is 0.127 e. The normalized spacial score (nSPS) is 11.3. The van der Waals surface area contributed by atoms with Gasteiger partial charge in [-0.05, 0) is 32.4 Å². The van der Waals surface area contributed by atoms with E-state index in [9.17, 15) is 30.6 Å². The van der Waals surface area contributed by atoms with Gasteiger partial charge in [0.25, 0.3) is 0 Å². The molecule has 0 saturated carbocycles. The van der Waals surface area contributed by atoms with Crippen molar-refractivity contribution in [1.29, 1.82) is 0 Å². The second-order valence-electron chi connectivity index (χ2n) is 6.55. The minimum atomic E-state index is -0.436. The summed E-state index contributed by atoms with van der Waals surface area (Å²) in [6.45, 7) is 4.29. The van der Waals surface area contributed by atoms with Crippen molar-refractivity contribution >= 4 is 0 Å². The molecule has 142 valence electrons. The Balaban J connectivity index is 2.76. The largest absolute Gasteiger partial charge is 0.507 e. The monoisotopic (exact) mass is 362 g/mol. The van der Waals surface area contributed by atoms with Gasteiger partial charge in [-0.2, -0.15) is 0 Å². The van der Waals surface area contributed by atoms with Crippen LogP contribution in [0.2, 0.25) is 0 Å². The third-order valence-corrected chi connectivity index (χ3v) is 4.90. The van der Waals surface area contributed by atoms with Gasteiger partial charge in [0.05, 0.1) is 13.2 Å². The van der Waals surface area contributed by atoms with Gasteiger partial charge >= 0.3 is 0 Å². The summed E-state index contributed by atoms with van der Waals surface area (Å²) < 4.78 is 0. The molecule has 0 atom stereocenters. The lowest BCUT2D eigenvalue weighted by Gasteiger charge is -2.24. The third-order valence-electron chi connectivity index (χ3n) is 4.90. The summed E-state index contributed by atoms with van der Waals surface area (Å²) >= 11 is 0. The van der Waals surface area contributed by atoms with Gasteiger partial charge in [-0.15, -0.1) is 0 Å². The molecule has 6 nitrogen and oxygen atoms in total. The first-order valence-electron chi connectivity index (χ1n) is 8.58. The Kier molecular flexibility index (Phi) is 6.00. The van der Waals surface area contributed by atoms with Crippen molar-refractivity contribution < 1.29 is 30.6 Å². The molecule has 0 spiro atoms. The lowest BCUT2D eigenvalue weighted by atomic mass is 9.83. The molecule has 2 aromatic carbocycles. The van der Waals surface area contributed by atoms with Crippen LogP contribution in [0.15, 0.2) is 12.1 Å². The van der Waals surface area contributed by atoms with E-state index in [0.29, 0.717) is 17.5 Å². The summed E-state index contributed by atoms with van der Waals surface area (Å²) in [5.74, 6) is -0.964. The van der Waals surface area contributed by atoms with E-state index in [1.165, 1.54) is 12.1 Å². The van der Waals surface area contributed by atoms with Crippen molar-refractivity contribution in [2.45, 2.75) is 52.7 Å². The summed E-state index contributed by atoms with van der Waals surface area (Å²) in [5, 5.41) is 60.3. The van der Waals surface area contributed by atoms with Crippen molar-refractivity contribution in [2.75, 3.05) is 0 Å². The molecule has 0 bridgehead atoms. The molecule has 0 unspecified atom stereocenters. The molecule has 0 saturated heterocycles. The van der Waals surface area contributed by atoms with Crippen molar-refractivity contribution in [2.24, 2.45) is 0 Å². The minimum absolute atomic E-state index is 0.103. The van der Waals surface area contributed by atoms with Gasteiger partial charge in [0, 0.05) is 39.3 Å². The Morgan fingerprint density at radius 3 is 1.42 bits per heavy atom. The second-order valence-corrected chi connectivity index (χ2v) is 6.55. The molecule has 26 heavy (non-hydrogen) atoms. The van der Waals surface area contributed by atoms with Gasteiger partial charge in [0.1, 0.15) is 23.0 Å². The zero-order valence-corrected chi connectivity index (χ0v) is 15.2. The van der Waals surface area contributed by atoms with Gasteiger partial charge in [0.15, 0.2) is 0 Å². The lowest BCUT2D eigenvalue weighted by Crippen LogP contribution is -2.06. The second kappa shape index (κ2) is 7.85. The molecule has 2 rings (SSSR count). The Labute approximate surface area is 152 Å². The fourth-order valence-electron chi connectivity index (χ4n) is 3.33. The first kappa shape index (κ1) is 19.9. The van der Waals surface area contributed by atoms with E-state index in [2.05, 4.69) is 0 Å². The molecule has 0 aliphatic heterocycles. The van der Waals surface area contributed by atoms with E-state index >= 15 is 0 Å². The summed E-state index contributed by atoms with van der Waals surface area (Å²) in [6, 6.07) is 3.05. The van der Waals surface area contributed by atoms with E-state index < -0.39 is 5.92 Å². The number of aliphatic hydroxyl groups is 2. The highest BCUT2D eigenvalue weighted by molar-refractivity contribution is 5.60. The lowest BCUT2D eigenvalue weighted by molar-refractivity contribution is 0.274. The smallest absolute Gasteiger partial charge is 0.127 e. The van der Waals surface area contributed by atoms with E-state index in [1.54, 1.807) is 13.8 Å². The summed E-state index contributed by atoms with van der Waals surface area (Å²) in [6.07, 6.45) is 1.32. The topological polar surface area (TPSA) is 121 Å². The zero-order chi connectivity index (χ0) is 19.6. The van der Waals surface area contributed by atoms with Crippen molar-refractivity contribution in [3.63, 3.8) is 0 Å². The van der Waals surface area contributed by atoms with Gasteiger partial charge in [-0.3, -0.25) is 0 Å². The Morgan fingerprint density at radius 2 is 1.12 bits per heavy atom. The molecule has 0 aliphatic carbocycles. The molecule has 0 amide bonds. The standard InChI is InChI=1S/C20H26O6/c1-4-5-14(15-6-12(8-21)17(23)10(2)19(15)25)16-7-13(9-22)18(24)11(3)20(16)26/h6-7,14,21-26H,4-5,8-9H2,1-3H3. The van der Waals surface area contributed by atoms with Crippen LogP contribution in [0.25, 0.3) is 0 Å². The van der Waals surface area contributed by atoms with Crippen LogP contribution >= 0.6 is 0 Å². The van der Waals surface area contributed by atoms with Gasteiger partial charge < -0.3 is 30.6 Å². The molecular formula is C20H26O6. The number of hydrogen-bond donors (Lipinski definition) is 6. The predicted octanol–water partition coefficient (Wildman–Crippen LogP) is 3.04. The first-order valence-corrected chi connectivity index (χ1v) is 8.58. The Bertz CT molecular complexity index is 747. The average molecular weight is 362 g/mol. The van der Waals surface area contributed by atoms with E-state index in [-0.39, 0.29) is 58.5 Å². The molecular weight excluding hydrogens is 336 g/mol. The van der Waals surface area contributed by atoms with Crippen molar-refractivity contribution in [3.05, 3.63) is 45.5 Å². The van der Waals surface area contributed by atoms with Crippen LogP contribution in [0.1, 0.15) is 59.1 Å². The molecule has 0 aliphatic rings. The number of aliphatic hydroxyl groups excluding tert-OH is 2. The van der Waals surface area contributed by atoms with Crippen LogP contribution in [-0.4, -0.2) is 30.6 Å². The maximum absolute atomic E-state index is 10.6. The molecule has 2 aromatic rings. The number of phenols is 4. The van der Waals surface area contributed by atoms with E-state index in [4.69, 9.17) is 0 Å². The van der Waals surface area contributed by atoms with Crippen molar-refractivity contribution in [3.8, 4) is 23.0 Å². The summed E-state index contributed by atoms with van der Waals surface area (Å²) in [5.41, 5.74) is 2.02. The third kappa shape index (κ3) is 3.30. The highest BCUT2D eigenvalue weighted by atomic mass is 16.3. The van der Waals surface area contributed by atoms with Crippen LogP contribution in [0, 0.1) is 13.8 Å². The van der Waals surface area contributed by atoms with E-state index in [1.807, 2.05) is 6.92 Å². The van der Waals surface area contributed by atoms with Crippen LogP contribution in [0.5, 0.6) is 23.0 Å². The Hall–Kier alpha value is -2.44. The van der Waals surface area contributed by atoms with Crippen LogP contribution in [-0.2, 0) is 13.2 Å². The molecule has 0 radical (unpaired) electrons. The number of aromatic hydroxyl groups is 4. The molecule has 6 heteroatoms.